The first kappa shape index (κ1) is 22.9. The van der Waals surface area contributed by atoms with Crippen molar-refractivity contribution in [1.29, 1.82) is 0 Å². The summed E-state index contributed by atoms with van der Waals surface area (Å²) in [7, 11) is 0. The van der Waals surface area contributed by atoms with Crippen molar-refractivity contribution in [3.8, 4) is 0 Å². The molecule has 0 bridgehead atoms. The summed E-state index contributed by atoms with van der Waals surface area (Å²) < 4.78 is 25.2. The van der Waals surface area contributed by atoms with Crippen LogP contribution in [0.15, 0.2) is 0 Å². The molecule has 0 aliphatic carbocycles. The van der Waals surface area contributed by atoms with Crippen LogP contribution in [0.5, 0.6) is 0 Å². The summed E-state index contributed by atoms with van der Waals surface area (Å²) in [5.41, 5.74) is 0. The van der Waals surface area contributed by atoms with Gasteiger partial charge in [0.15, 0.2) is 0 Å². The predicted octanol–water partition coefficient (Wildman–Crippen LogP) is -1.16. The van der Waals surface area contributed by atoms with Gasteiger partial charge in [-0.25, -0.2) is 0 Å². The molecule has 4 aliphatic rings. The van der Waals surface area contributed by atoms with Crippen LogP contribution in [0.1, 0.15) is 25.7 Å². The SMILES string of the molecule is C(OCC1CO1)C1CO1.OC(CCCC1CO1)CC1CO1.OCC(O)CO. The third kappa shape index (κ3) is 14.3. The highest BCUT2D eigenvalue weighted by atomic mass is 16.6. The van der Waals surface area contributed by atoms with Crippen molar-refractivity contribution in [3.05, 3.63) is 0 Å². The monoisotopic (exact) mass is 394 g/mol. The van der Waals surface area contributed by atoms with E-state index in [1.165, 1.54) is 0 Å². The van der Waals surface area contributed by atoms with Gasteiger partial charge in [-0.15, -0.1) is 0 Å². The topological polar surface area (TPSA) is 140 Å². The minimum Gasteiger partial charge on any atom is -0.394 e. The maximum atomic E-state index is 9.47. The molecule has 4 heterocycles. The van der Waals surface area contributed by atoms with Gasteiger partial charge in [0.05, 0.1) is 71.2 Å². The van der Waals surface area contributed by atoms with E-state index < -0.39 is 6.10 Å². The van der Waals surface area contributed by atoms with E-state index in [0.29, 0.717) is 24.4 Å². The molecule has 0 aromatic rings. The Morgan fingerprint density at radius 3 is 1.59 bits per heavy atom. The van der Waals surface area contributed by atoms with Crippen molar-refractivity contribution in [2.24, 2.45) is 0 Å². The maximum absolute atomic E-state index is 9.47. The fourth-order valence-electron chi connectivity index (χ4n) is 2.16. The third-order valence-electron chi connectivity index (χ3n) is 4.24. The second-order valence-electron chi connectivity index (χ2n) is 7.20. The Labute approximate surface area is 160 Å². The Balaban J connectivity index is 0.000000155. The number of ether oxygens (including phenoxy) is 5. The zero-order valence-corrected chi connectivity index (χ0v) is 15.8. The van der Waals surface area contributed by atoms with Crippen LogP contribution < -0.4 is 0 Å². The molecule has 0 spiro atoms. The van der Waals surface area contributed by atoms with Gasteiger partial charge in [0.1, 0.15) is 18.3 Å². The van der Waals surface area contributed by atoms with Gasteiger partial charge < -0.3 is 44.1 Å². The molecule has 0 saturated carbocycles. The summed E-state index contributed by atoms with van der Waals surface area (Å²) in [6, 6.07) is 0. The molecule has 5 unspecified atom stereocenters. The van der Waals surface area contributed by atoms with Crippen molar-refractivity contribution < 1.29 is 44.1 Å². The first-order valence-corrected chi connectivity index (χ1v) is 9.72. The number of aliphatic hydroxyl groups is 4. The second kappa shape index (κ2) is 13.0. The lowest BCUT2D eigenvalue weighted by Crippen LogP contribution is -2.15. The molecule has 160 valence electrons. The van der Waals surface area contributed by atoms with Crippen LogP contribution in [0, 0.1) is 0 Å². The lowest BCUT2D eigenvalue weighted by atomic mass is 10.1. The van der Waals surface area contributed by atoms with Gasteiger partial charge >= 0.3 is 0 Å². The van der Waals surface area contributed by atoms with Crippen LogP contribution in [0.3, 0.4) is 0 Å². The van der Waals surface area contributed by atoms with E-state index >= 15 is 0 Å². The number of epoxide rings is 4. The molecule has 0 amide bonds. The highest BCUT2D eigenvalue weighted by Crippen LogP contribution is 2.21. The fraction of sp³-hybridized carbons (Fsp3) is 1.00. The molecule has 4 saturated heterocycles. The lowest BCUT2D eigenvalue weighted by Gasteiger charge is -2.06. The van der Waals surface area contributed by atoms with Gasteiger partial charge in [-0.1, -0.05) is 0 Å². The standard InChI is InChI=1S/C9H16O3.C6H10O3.C3H8O3/c10-7(4-9-6-12-9)2-1-3-8-5-11-8;1(5-3-8-5)7-2-6-4-9-6;4-1-3(6)2-5/h7-10H,1-6H2;5-6H,1-4H2;3-6H,1-2H2. The van der Waals surface area contributed by atoms with E-state index in [0.717, 1.165) is 65.3 Å². The van der Waals surface area contributed by atoms with E-state index in [-0.39, 0.29) is 19.3 Å². The Morgan fingerprint density at radius 1 is 0.741 bits per heavy atom. The quantitative estimate of drug-likeness (QED) is 0.302. The van der Waals surface area contributed by atoms with Gasteiger partial charge in [0, 0.05) is 6.42 Å². The van der Waals surface area contributed by atoms with Gasteiger partial charge in [-0.2, -0.15) is 0 Å². The Bertz CT molecular complexity index is 352. The average molecular weight is 394 g/mol. The molecule has 0 radical (unpaired) electrons. The largest absolute Gasteiger partial charge is 0.394 e. The second-order valence-corrected chi connectivity index (χ2v) is 7.20. The van der Waals surface area contributed by atoms with E-state index in [2.05, 4.69) is 0 Å². The third-order valence-corrected chi connectivity index (χ3v) is 4.24. The van der Waals surface area contributed by atoms with E-state index in [1.807, 2.05) is 0 Å². The highest BCUT2D eigenvalue weighted by Gasteiger charge is 2.27. The molecule has 9 heteroatoms. The van der Waals surface area contributed by atoms with Gasteiger partial charge in [0.25, 0.3) is 0 Å². The molecule has 0 aromatic carbocycles. The number of rotatable bonds is 12. The molecule has 0 aromatic heterocycles. The maximum Gasteiger partial charge on any atom is 0.104 e. The highest BCUT2D eigenvalue weighted by molar-refractivity contribution is 4.75. The van der Waals surface area contributed by atoms with Crippen molar-refractivity contribution in [2.45, 2.75) is 62.3 Å². The molecular formula is C18H34O9. The zero-order chi connectivity index (χ0) is 19.5. The predicted molar refractivity (Wildman–Crippen MR) is 94.4 cm³/mol. The van der Waals surface area contributed by atoms with Crippen molar-refractivity contribution in [1.82, 2.24) is 0 Å². The van der Waals surface area contributed by atoms with E-state index in [1.54, 1.807) is 0 Å². The van der Waals surface area contributed by atoms with Crippen molar-refractivity contribution >= 4 is 0 Å². The van der Waals surface area contributed by atoms with Crippen LogP contribution in [0.4, 0.5) is 0 Å². The molecule has 4 fully saturated rings. The zero-order valence-electron chi connectivity index (χ0n) is 15.8. The smallest absolute Gasteiger partial charge is 0.104 e. The summed E-state index contributed by atoms with van der Waals surface area (Å²) in [6.07, 6.45) is 4.46. The summed E-state index contributed by atoms with van der Waals surface area (Å²) in [5.74, 6) is 0. The Morgan fingerprint density at radius 2 is 1.22 bits per heavy atom. The molecule has 27 heavy (non-hydrogen) atoms. The average Bonchev–Trinajstić information content (AvgIpc) is 3.48. The molecule has 5 atom stereocenters. The number of hydrogen-bond donors (Lipinski definition) is 4. The fourth-order valence-corrected chi connectivity index (χ4v) is 2.16. The Kier molecular flexibility index (Phi) is 11.0. The normalized spacial score (nSPS) is 30.6. The minimum atomic E-state index is -0.954. The van der Waals surface area contributed by atoms with Crippen LogP contribution in [-0.4, -0.2) is 110 Å². The molecule has 4 aliphatic heterocycles. The van der Waals surface area contributed by atoms with Gasteiger partial charge in [-0.05, 0) is 19.3 Å². The molecular weight excluding hydrogens is 360 g/mol. The van der Waals surface area contributed by atoms with Gasteiger partial charge in [0.2, 0.25) is 0 Å². The molecule has 4 rings (SSSR count). The molecule has 4 N–H and O–H groups in total. The van der Waals surface area contributed by atoms with Crippen LogP contribution in [0.2, 0.25) is 0 Å². The molecule has 9 nitrogen and oxygen atoms in total. The first-order chi connectivity index (χ1) is 13.1. The van der Waals surface area contributed by atoms with Crippen molar-refractivity contribution in [2.75, 3.05) is 52.9 Å². The van der Waals surface area contributed by atoms with E-state index in [9.17, 15) is 5.11 Å². The van der Waals surface area contributed by atoms with Gasteiger partial charge in [-0.3, -0.25) is 0 Å². The van der Waals surface area contributed by atoms with Crippen LogP contribution in [-0.2, 0) is 23.7 Å². The summed E-state index contributed by atoms with van der Waals surface area (Å²) >= 11 is 0. The Hall–Kier alpha value is -0.360. The summed E-state index contributed by atoms with van der Waals surface area (Å²) in [4.78, 5) is 0. The van der Waals surface area contributed by atoms with Crippen molar-refractivity contribution in [3.63, 3.8) is 0 Å². The van der Waals surface area contributed by atoms with Crippen LogP contribution >= 0.6 is 0 Å². The van der Waals surface area contributed by atoms with Crippen LogP contribution in [0.25, 0.3) is 0 Å². The lowest BCUT2D eigenvalue weighted by molar-refractivity contribution is 0.0450. The van der Waals surface area contributed by atoms with E-state index in [4.69, 9.17) is 39.0 Å². The number of hydrogen-bond acceptors (Lipinski definition) is 9. The summed E-state index contributed by atoms with van der Waals surface area (Å²) in [6.45, 7) is 4.31. The first-order valence-electron chi connectivity index (χ1n) is 9.72. The minimum absolute atomic E-state index is 0.156. The number of aliphatic hydroxyl groups excluding tert-OH is 4. The summed E-state index contributed by atoms with van der Waals surface area (Å²) in [5, 5.41) is 33.5.